The summed E-state index contributed by atoms with van der Waals surface area (Å²) >= 11 is 12.2. The highest BCUT2D eigenvalue weighted by Gasteiger charge is 2.23. The first kappa shape index (κ1) is 14.4. The van der Waals surface area contributed by atoms with Crippen LogP contribution in [-0.2, 0) is 24.2 Å². The molecule has 21 heavy (non-hydrogen) atoms. The lowest BCUT2D eigenvalue weighted by Gasteiger charge is -2.25. The van der Waals surface area contributed by atoms with E-state index in [4.69, 9.17) is 27.7 Å². The van der Waals surface area contributed by atoms with Crippen LogP contribution in [0, 0.1) is 0 Å². The van der Waals surface area contributed by atoms with Crippen molar-refractivity contribution in [3.05, 3.63) is 51.3 Å². The number of halogens is 2. The maximum Gasteiger partial charge on any atom is 0.223 e. The summed E-state index contributed by atoms with van der Waals surface area (Å²) in [6.45, 7) is 1.23. The first-order chi connectivity index (χ1) is 10.1. The Morgan fingerprint density at radius 1 is 1.33 bits per heavy atom. The van der Waals surface area contributed by atoms with Gasteiger partial charge < -0.3 is 9.42 Å². The van der Waals surface area contributed by atoms with Crippen molar-refractivity contribution in [1.82, 2.24) is 10.1 Å². The van der Waals surface area contributed by atoms with Gasteiger partial charge >= 0.3 is 0 Å². The highest BCUT2D eigenvalue weighted by Crippen LogP contribution is 2.26. The van der Waals surface area contributed by atoms with Gasteiger partial charge in [0, 0.05) is 35.0 Å². The molecule has 4 nitrogen and oxygen atoms in total. The molecule has 3 rings (SSSR count). The van der Waals surface area contributed by atoms with Crippen molar-refractivity contribution < 1.29 is 9.32 Å². The number of aromatic nitrogens is 1. The topological polar surface area (TPSA) is 46.3 Å². The van der Waals surface area contributed by atoms with Crippen molar-refractivity contribution in [3.8, 4) is 0 Å². The third kappa shape index (κ3) is 3.06. The van der Waals surface area contributed by atoms with Gasteiger partial charge in [-0.05, 0) is 24.1 Å². The average molecular weight is 325 g/mol. The molecule has 0 N–H and O–H groups in total. The Hall–Kier alpha value is -1.52. The number of carbonyl (C=O) groups excluding carboxylic acids is 1. The molecule has 0 radical (unpaired) electrons. The van der Waals surface area contributed by atoms with Gasteiger partial charge in [-0.15, -0.1) is 0 Å². The third-order valence-corrected chi connectivity index (χ3v) is 4.41. The SMILES string of the molecule is O=C(CCc1c(Cl)cccc1Cl)N1CCc2oncc2C1. The fraction of sp³-hybridized carbons (Fsp3) is 0.333. The molecule has 0 saturated heterocycles. The summed E-state index contributed by atoms with van der Waals surface area (Å²) in [7, 11) is 0. The quantitative estimate of drug-likeness (QED) is 0.868. The number of hydrogen-bond donors (Lipinski definition) is 0. The Labute approximate surface area is 132 Å². The van der Waals surface area contributed by atoms with Crippen LogP contribution < -0.4 is 0 Å². The molecule has 0 atom stereocenters. The Morgan fingerprint density at radius 2 is 2.10 bits per heavy atom. The van der Waals surface area contributed by atoms with Gasteiger partial charge in [0.2, 0.25) is 5.91 Å². The summed E-state index contributed by atoms with van der Waals surface area (Å²) in [5, 5.41) is 4.98. The van der Waals surface area contributed by atoms with Gasteiger partial charge in [-0.1, -0.05) is 34.4 Å². The van der Waals surface area contributed by atoms with E-state index in [1.807, 2.05) is 4.90 Å². The molecule has 0 fully saturated rings. The molecule has 1 aromatic heterocycles. The molecule has 0 unspecified atom stereocenters. The zero-order chi connectivity index (χ0) is 14.8. The number of carbonyl (C=O) groups is 1. The van der Waals surface area contributed by atoms with Crippen LogP contribution in [0.2, 0.25) is 10.0 Å². The molecular weight excluding hydrogens is 311 g/mol. The molecule has 0 aliphatic carbocycles. The summed E-state index contributed by atoms with van der Waals surface area (Å²) in [5.74, 6) is 0.978. The lowest BCUT2D eigenvalue weighted by Crippen LogP contribution is -2.35. The summed E-state index contributed by atoms with van der Waals surface area (Å²) in [4.78, 5) is 14.1. The van der Waals surface area contributed by atoms with Gasteiger partial charge in [-0.3, -0.25) is 4.79 Å². The van der Waals surface area contributed by atoms with E-state index in [1.165, 1.54) is 0 Å². The number of nitrogens with zero attached hydrogens (tertiary/aromatic N) is 2. The van der Waals surface area contributed by atoms with Crippen LogP contribution in [0.3, 0.4) is 0 Å². The van der Waals surface area contributed by atoms with Crippen molar-refractivity contribution in [2.75, 3.05) is 6.54 Å². The molecule has 1 amide bonds. The molecule has 2 heterocycles. The van der Waals surface area contributed by atoms with Crippen molar-refractivity contribution in [1.29, 1.82) is 0 Å². The molecule has 0 bridgehead atoms. The van der Waals surface area contributed by atoms with Gasteiger partial charge in [-0.2, -0.15) is 0 Å². The summed E-state index contributed by atoms with van der Waals surface area (Å²) in [6.07, 6.45) is 3.34. The standard InChI is InChI=1S/C15H14Cl2N2O2/c16-12-2-1-3-13(17)11(12)4-5-15(20)19-7-6-14-10(9-19)8-18-21-14/h1-3,8H,4-7,9H2. The van der Waals surface area contributed by atoms with Crippen molar-refractivity contribution in [3.63, 3.8) is 0 Å². The Balaban J connectivity index is 1.63. The molecule has 6 heteroatoms. The van der Waals surface area contributed by atoms with Crippen LogP contribution >= 0.6 is 23.2 Å². The van der Waals surface area contributed by atoms with Crippen LogP contribution in [0.1, 0.15) is 23.3 Å². The Kier molecular flexibility index (Phi) is 4.17. The smallest absolute Gasteiger partial charge is 0.223 e. The normalized spacial score (nSPS) is 14.1. The predicted molar refractivity (Wildman–Crippen MR) is 80.4 cm³/mol. The first-order valence-electron chi connectivity index (χ1n) is 6.78. The minimum Gasteiger partial charge on any atom is -0.361 e. The van der Waals surface area contributed by atoms with Crippen molar-refractivity contribution in [2.24, 2.45) is 0 Å². The van der Waals surface area contributed by atoms with Gasteiger partial charge in [-0.25, -0.2) is 0 Å². The van der Waals surface area contributed by atoms with Gasteiger partial charge in [0.05, 0.1) is 12.7 Å². The zero-order valence-corrected chi connectivity index (χ0v) is 12.8. The maximum atomic E-state index is 12.3. The molecular formula is C15H14Cl2N2O2. The van der Waals surface area contributed by atoms with E-state index in [0.717, 1.165) is 16.9 Å². The van der Waals surface area contributed by atoms with E-state index >= 15 is 0 Å². The summed E-state index contributed by atoms with van der Waals surface area (Å²) in [6, 6.07) is 5.38. The minimum atomic E-state index is 0.0952. The van der Waals surface area contributed by atoms with Gasteiger partial charge in [0.1, 0.15) is 5.76 Å². The lowest BCUT2D eigenvalue weighted by molar-refractivity contribution is -0.132. The first-order valence-corrected chi connectivity index (χ1v) is 7.54. The van der Waals surface area contributed by atoms with Crippen LogP contribution in [0.15, 0.2) is 28.9 Å². The fourth-order valence-corrected chi connectivity index (χ4v) is 3.10. The average Bonchev–Trinajstić information content (AvgIpc) is 2.93. The molecule has 110 valence electrons. The van der Waals surface area contributed by atoms with Gasteiger partial charge in [0.25, 0.3) is 0 Å². The van der Waals surface area contributed by atoms with E-state index < -0.39 is 0 Å². The zero-order valence-electron chi connectivity index (χ0n) is 11.3. The van der Waals surface area contributed by atoms with E-state index in [9.17, 15) is 4.79 Å². The van der Waals surface area contributed by atoms with Crippen LogP contribution in [-0.4, -0.2) is 22.5 Å². The Morgan fingerprint density at radius 3 is 2.86 bits per heavy atom. The second-order valence-electron chi connectivity index (χ2n) is 5.04. The van der Waals surface area contributed by atoms with Crippen LogP contribution in [0.5, 0.6) is 0 Å². The fourth-order valence-electron chi connectivity index (χ4n) is 2.51. The van der Waals surface area contributed by atoms with Gasteiger partial charge in [0.15, 0.2) is 0 Å². The number of hydrogen-bond acceptors (Lipinski definition) is 3. The molecule has 0 spiro atoms. The van der Waals surface area contributed by atoms with E-state index in [2.05, 4.69) is 5.16 Å². The molecule has 0 saturated carbocycles. The van der Waals surface area contributed by atoms with E-state index in [0.29, 0.717) is 42.4 Å². The number of rotatable bonds is 3. The molecule has 1 aliphatic heterocycles. The minimum absolute atomic E-state index is 0.0952. The maximum absolute atomic E-state index is 12.3. The van der Waals surface area contributed by atoms with Crippen LogP contribution in [0.4, 0.5) is 0 Å². The summed E-state index contributed by atoms with van der Waals surface area (Å²) < 4.78 is 5.12. The third-order valence-electron chi connectivity index (χ3n) is 3.70. The molecule has 1 aliphatic rings. The Bertz CT molecular complexity index is 649. The molecule has 1 aromatic carbocycles. The largest absolute Gasteiger partial charge is 0.361 e. The molecule has 2 aromatic rings. The van der Waals surface area contributed by atoms with Crippen molar-refractivity contribution >= 4 is 29.1 Å². The number of amides is 1. The van der Waals surface area contributed by atoms with E-state index in [-0.39, 0.29) is 5.91 Å². The second-order valence-corrected chi connectivity index (χ2v) is 5.85. The highest BCUT2D eigenvalue weighted by atomic mass is 35.5. The van der Waals surface area contributed by atoms with Crippen LogP contribution in [0.25, 0.3) is 0 Å². The lowest BCUT2D eigenvalue weighted by atomic mass is 10.1. The number of benzene rings is 1. The monoisotopic (exact) mass is 324 g/mol. The summed E-state index contributed by atoms with van der Waals surface area (Å²) in [5.41, 5.74) is 1.82. The van der Waals surface area contributed by atoms with Crippen molar-refractivity contribution in [2.45, 2.75) is 25.8 Å². The predicted octanol–water partition coefficient (Wildman–Crippen LogP) is 3.50. The van der Waals surface area contributed by atoms with E-state index in [1.54, 1.807) is 24.4 Å². The highest BCUT2D eigenvalue weighted by molar-refractivity contribution is 6.36. The number of fused-ring (bicyclic) bond motifs is 1. The second kappa shape index (κ2) is 6.08.